The quantitative estimate of drug-likeness (QED) is 0.859. The molecule has 1 aliphatic carbocycles. The molecule has 120 valence electrons. The molecule has 4 nitrogen and oxygen atoms in total. The second kappa shape index (κ2) is 5.43. The van der Waals surface area contributed by atoms with Gasteiger partial charge in [0.1, 0.15) is 11.1 Å². The van der Waals surface area contributed by atoms with E-state index in [9.17, 15) is 23.3 Å². The first-order valence-corrected chi connectivity index (χ1v) is 8.80. The summed E-state index contributed by atoms with van der Waals surface area (Å²) in [6, 6.07) is 15.3. The van der Waals surface area contributed by atoms with Gasteiger partial charge in [-0.15, -0.1) is 0 Å². The summed E-state index contributed by atoms with van der Waals surface area (Å²) in [5.41, 5.74) is -0.450. The first-order chi connectivity index (χ1) is 11.4. The third-order valence-corrected chi connectivity index (χ3v) is 6.64. The van der Waals surface area contributed by atoms with Crippen molar-refractivity contribution in [1.29, 1.82) is 10.5 Å². The van der Waals surface area contributed by atoms with Gasteiger partial charge in [-0.1, -0.05) is 29.8 Å². The van der Waals surface area contributed by atoms with Gasteiger partial charge in [-0.3, -0.25) is 0 Å². The van der Waals surface area contributed by atoms with Gasteiger partial charge in [0.05, 0.1) is 17.0 Å². The van der Waals surface area contributed by atoms with Crippen LogP contribution in [0.1, 0.15) is 17.0 Å². The van der Waals surface area contributed by atoms with E-state index in [-0.39, 0.29) is 4.90 Å². The Labute approximate surface area is 139 Å². The molecule has 1 fully saturated rings. The van der Waals surface area contributed by atoms with E-state index in [0.29, 0.717) is 5.56 Å². The minimum Gasteiger partial charge on any atom is -0.223 e. The molecule has 3 rings (SSSR count). The monoisotopic (exact) mass is 340 g/mol. The van der Waals surface area contributed by atoms with Crippen molar-refractivity contribution >= 4 is 9.84 Å². The molecule has 6 heteroatoms. The SMILES string of the molecule is Cc1ccc(S(=O)(=O)[C@@H]2[C@H](c3cccc(F)c3)C2(C#N)C#N)cc1. The van der Waals surface area contributed by atoms with Crippen molar-refractivity contribution in [1.82, 2.24) is 0 Å². The van der Waals surface area contributed by atoms with Crippen LogP contribution >= 0.6 is 0 Å². The molecular weight excluding hydrogens is 327 g/mol. The Kier molecular flexibility index (Phi) is 3.66. The Morgan fingerprint density at radius 1 is 1.08 bits per heavy atom. The fraction of sp³-hybridized carbons (Fsp3) is 0.222. The van der Waals surface area contributed by atoms with Crippen molar-refractivity contribution in [2.24, 2.45) is 5.41 Å². The number of halogens is 1. The van der Waals surface area contributed by atoms with Crippen LogP contribution in [0.5, 0.6) is 0 Å². The number of nitrogens with zero attached hydrogens (tertiary/aromatic N) is 2. The summed E-state index contributed by atoms with van der Waals surface area (Å²) in [6.07, 6.45) is 0. The van der Waals surface area contributed by atoms with Crippen LogP contribution in [0.2, 0.25) is 0 Å². The Morgan fingerprint density at radius 3 is 2.25 bits per heavy atom. The van der Waals surface area contributed by atoms with Gasteiger partial charge in [-0.25, -0.2) is 12.8 Å². The van der Waals surface area contributed by atoms with Crippen LogP contribution in [0.25, 0.3) is 0 Å². The summed E-state index contributed by atoms with van der Waals surface area (Å²) < 4.78 is 39.3. The summed E-state index contributed by atoms with van der Waals surface area (Å²) in [6.45, 7) is 1.83. The third-order valence-electron chi connectivity index (χ3n) is 4.39. The summed E-state index contributed by atoms with van der Waals surface area (Å²) in [5, 5.41) is 17.7. The van der Waals surface area contributed by atoms with Crippen molar-refractivity contribution in [3.05, 3.63) is 65.5 Å². The number of hydrogen-bond acceptors (Lipinski definition) is 4. The largest absolute Gasteiger partial charge is 0.223 e. The topological polar surface area (TPSA) is 81.7 Å². The van der Waals surface area contributed by atoms with E-state index in [1.54, 1.807) is 18.2 Å². The van der Waals surface area contributed by atoms with Gasteiger partial charge in [0, 0.05) is 5.92 Å². The van der Waals surface area contributed by atoms with Crippen LogP contribution in [0, 0.1) is 40.8 Å². The van der Waals surface area contributed by atoms with Gasteiger partial charge in [0.15, 0.2) is 15.3 Å². The Balaban J connectivity index is 2.11. The molecular formula is C18H13FN2O2S. The molecule has 0 spiro atoms. The molecule has 0 aromatic heterocycles. The first-order valence-electron chi connectivity index (χ1n) is 7.25. The van der Waals surface area contributed by atoms with Crippen LogP contribution in [-0.4, -0.2) is 13.7 Å². The molecule has 0 radical (unpaired) electrons. The number of sulfone groups is 1. The van der Waals surface area contributed by atoms with Gasteiger partial charge >= 0.3 is 0 Å². The predicted molar refractivity (Wildman–Crippen MR) is 85.0 cm³/mol. The zero-order chi connectivity index (χ0) is 17.5. The predicted octanol–water partition coefficient (Wildman–Crippen LogP) is 3.11. The average molecular weight is 340 g/mol. The van der Waals surface area contributed by atoms with Crippen LogP contribution in [0.15, 0.2) is 53.4 Å². The summed E-state index contributed by atoms with van der Waals surface area (Å²) >= 11 is 0. The van der Waals surface area contributed by atoms with Gasteiger partial charge in [0.25, 0.3) is 0 Å². The minimum atomic E-state index is -3.89. The van der Waals surface area contributed by atoms with E-state index >= 15 is 0 Å². The maximum Gasteiger partial charge on any atom is 0.184 e. The first kappa shape index (κ1) is 16.2. The third kappa shape index (κ3) is 2.28. The molecule has 0 N–H and O–H groups in total. The van der Waals surface area contributed by atoms with Crippen LogP contribution in [-0.2, 0) is 9.84 Å². The second-order valence-electron chi connectivity index (χ2n) is 5.90. The van der Waals surface area contributed by atoms with E-state index in [0.717, 1.165) is 5.56 Å². The number of rotatable bonds is 3. The Hall–Kier alpha value is -2.70. The summed E-state index contributed by atoms with van der Waals surface area (Å²) in [4.78, 5) is 0.0619. The lowest BCUT2D eigenvalue weighted by molar-refractivity contribution is 0.591. The highest BCUT2D eigenvalue weighted by atomic mass is 32.2. The molecule has 0 aliphatic heterocycles. The number of benzene rings is 2. The highest BCUT2D eigenvalue weighted by Gasteiger charge is 2.73. The average Bonchev–Trinajstić information content (AvgIpc) is 3.26. The van der Waals surface area contributed by atoms with Crippen molar-refractivity contribution < 1.29 is 12.8 Å². The maximum atomic E-state index is 13.5. The zero-order valence-corrected chi connectivity index (χ0v) is 13.6. The highest BCUT2D eigenvalue weighted by Crippen LogP contribution is 2.63. The van der Waals surface area contributed by atoms with E-state index in [2.05, 4.69) is 0 Å². The highest BCUT2D eigenvalue weighted by molar-refractivity contribution is 7.92. The lowest BCUT2D eigenvalue weighted by Gasteiger charge is -2.04. The molecule has 2 atom stereocenters. The van der Waals surface area contributed by atoms with Crippen molar-refractivity contribution in [2.45, 2.75) is 23.0 Å². The normalized spacial score (nSPS) is 21.5. The van der Waals surface area contributed by atoms with E-state index in [4.69, 9.17) is 0 Å². The Bertz CT molecular complexity index is 971. The van der Waals surface area contributed by atoms with Crippen LogP contribution in [0.4, 0.5) is 4.39 Å². The van der Waals surface area contributed by atoms with E-state index in [1.807, 2.05) is 19.1 Å². The Morgan fingerprint density at radius 2 is 1.71 bits per heavy atom. The van der Waals surface area contributed by atoms with Crippen LogP contribution < -0.4 is 0 Å². The van der Waals surface area contributed by atoms with Crippen molar-refractivity contribution in [3.63, 3.8) is 0 Å². The van der Waals surface area contributed by atoms with Gasteiger partial charge in [-0.05, 0) is 36.8 Å². The minimum absolute atomic E-state index is 0.0619. The number of aryl methyl sites for hydroxylation is 1. The summed E-state index contributed by atoms with van der Waals surface area (Å²) in [5.74, 6) is -1.40. The van der Waals surface area contributed by atoms with Crippen LogP contribution in [0.3, 0.4) is 0 Å². The molecule has 2 aromatic rings. The lowest BCUT2D eigenvalue weighted by Crippen LogP contribution is -2.14. The molecule has 0 amide bonds. The summed E-state index contributed by atoms with van der Waals surface area (Å²) in [7, 11) is -3.89. The van der Waals surface area contributed by atoms with E-state index in [1.165, 1.54) is 30.3 Å². The molecule has 1 aliphatic rings. The molecule has 0 heterocycles. The number of hydrogen-bond donors (Lipinski definition) is 0. The number of nitriles is 2. The smallest absolute Gasteiger partial charge is 0.184 e. The molecule has 0 bridgehead atoms. The molecule has 1 saturated carbocycles. The maximum absolute atomic E-state index is 13.5. The lowest BCUT2D eigenvalue weighted by atomic mass is 10.0. The van der Waals surface area contributed by atoms with Crippen molar-refractivity contribution in [3.8, 4) is 12.1 Å². The standard InChI is InChI=1S/C18H13FN2O2S/c1-12-5-7-15(8-6-12)24(22,23)17-16(18(17,10-20)11-21)13-3-2-4-14(19)9-13/h2-9,16-17H,1H3/t16-,17+/m0/s1. The fourth-order valence-corrected chi connectivity index (χ4v) is 5.29. The molecule has 0 saturated heterocycles. The fourth-order valence-electron chi connectivity index (χ4n) is 3.08. The van der Waals surface area contributed by atoms with Gasteiger partial charge in [0.2, 0.25) is 0 Å². The van der Waals surface area contributed by atoms with Gasteiger partial charge in [-0.2, -0.15) is 10.5 Å². The van der Waals surface area contributed by atoms with E-state index < -0.39 is 32.2 Å². The van der Waals surface area contributed by atoms with Crippen molar-refractivity contribution in [2.75, 3.05) is 0 Å². The molecule has 24 heavy (non-hydrogen) atoms. The van der Waals surface area contributed by atoms with Gasteiger partial charge < -0.3 is 0 Å². The molecule has 2 aromatic carbocycles. The molecule has 0 unspecified atom stereocenters. The zero-order valence-electron chi connectivity index (χ0n) is 12.8. The second-order valence-corrected chi connectivity index (χ2v) is 7.97.